The SMILES string of the molecule is CCNC(c1cncc(OCC)c1)c1ccc(C)cc1Cl. The summed E-state index contributed by atoms with van der Waals surface area (Å²) in [5.74, 6) is 0.779. The molecule has 0 saturated carbocycles. The Hall–Kier alpha value is -1.58. The highest BCUT2D eigenvalue weighted by molar-refractivity contribution is 6.31. The quantitative estimate of drug-likeness (QED) is 0.871. The summed E-state index contributed by atoms with van der Waals surface area (Å²) in [6, 6.07) is 8.15. The van der Waals surface area contributed by atoms with Gasteiger partial charge in [-0.1, -0.05) is 30.7 Å². The highest BCUT2D eigenvalue weighted by atomic mass is 35.5. The number of nitrogens with zero attached hydrogens (tertiary/aromatic N) is 1. The smallest absolute Gasteiger partial charge is 0.137 e. The topological polar surface area (TPSA) is 34.2 Å². The Balaban J connectivity index is 2.40. The molecule has 0 amide bonds. The predicted octanol–water partition coefficient (Wildman–Crippen LogP) is 4.14. The highest BCUT2D eigenvalue weighted by Crippen LogP contribution is 2.30. The fourth-order valence-corrected chi connectivity index (χ4v) is 2.66. The molecule has 1 aromatic heterocycles. The van der Waals surface area contributed by atoms with Crippen LogP contribution in [0, 0.1) is 6.92 Å². The van der Waals surface area contributed by atoms with Gasteiger partial charge in [-0.05, 0) is 49.2 Å². The lowest BCUT2D eigenvalue weighted by Crippen LogP contribution is -2.22. The van der Waals surface area contributed by atoms with Crippen LogP contribution in [0.2, 0.25) is 5.02 Å². The van der Waals surface area contributed by atoms with Crippen LogP contribution in [0.25, 0.3) is 0 Å². The first-order valence-corrected chi connectivity index (χ1v) is 7.60. The maximum atomic E-state index is 6.42. The van der Waals surface area contributed by atoms with Gasteiger partial charge >= 0.3 is 0 Å². The van der Waals surface area contributed by atoms with Crippen molar-refractivity contribution in [3.8, 4) is 5.75 Å². The van der Waals surface area contributed by atoms with E-state index in [1.54, 1.807) is 6.20 Å². The molecule has 1 aromatic carbocycles. The van der Waals surface area contributed by atoms with Gasteiger partial charge in [0.25, 0.3) is 0 Å². The predicted molar refractivity (Wildman–Crippen MR) is 87.1 cm³/mol. The van der Waals surface area contributed by atoms with Gasteiger partial charge in [0.05, 0.1) is 18.8 Å². The molecule has 0 aliphatic carbocycles. The van der Waals surface area contributed by atoms with Crippen LogP contribution in [0.4, 0.5) is 0 Å². The molecule has 0 bridgehead atoms. The summed E-state index contributed by atoms with van der Waals surface area (Å²) in [5, 5.41) is 4.23. The van der Waals surface area contributed by atoms with E-state index in [9.17, 15) is 0 Å². The molecule has 4 heteroatoms. The van der Waals surface area contributed by atoms with Crippen LogP contribution in [-0.4, -0.2) is 18.1 Å². The first-order chi connectivity index (χ1) is 10.2. The molecule has 3 nitrogen and oxygen atoms in total. The maximum Gasteiger partial charge on any atom is 0.137 e. The molecule has 0 aliphatic rings. The zero-order valence-electron chi connectivity index (χ0n) is 12.7. The van der Waals surface area contributed by atoms with E-state index in [2.05, 4.69) is 29.4 Å². The van der Waals surface area contributed by atoms with Crippen LogP contribution in [0.15, 0.2) is 36.7 Å². The molecule has 21 heavy (non-hydrogen) atoms. The van der Waals surface area contributed by atoms with E-state index in [0.717, 1.165) is 34.0 Å². The van der Waals surface area contributed by atoms with Crippen molar-refractivity contribution in [1.29, 1.82) is 0 Å². The third kappa shape index (κ3) is 3.96. The molecule has 1 N–H and O–H groups in total. The molecule has 112 valence electrons. The third-order valence-electron chi connectivity index (χ3n) is 3.25. The molecule has 2 rings (SSSR count). The lowest BCUT2D eigenvalue weighted by atomic mass is 9.99. The number of ether oxygens (including phenoxy) is 1. The summed E-state index contributed by atoms with van der Waals surface area (Å²) in [7, 11) is 0. The van der Waals surface area contributed by atoms with Crippen LogP contribution >= 0.6 is 11.6 Å². The number of hydrogen-bond donors (Lipinski definition) is 1. The Morgan fingerprint density at radius 3 is 2.71 bits per heavy atom. The number of benzene rings is 1. The van der Waals surface area contributed by atoms with Crippen LogP contribution in [0.5, 0.6) is 5.75 Å². The lowest BCUT2D eigenvalue weighted by molar-refractivity contribution is 0.338. The second kappa shape index (κ2) is 7.43. The average Bonchev–Trinajstić information content (AvgIpc) is 2.46. The summed E-state index contributed by atoms with van der Waals surface area (Å²) in [6.07, 6.45) is 3.58. The Morgan fingerprint density at radius 2 is 2.05 bits per heavy atom. The van der Waals surface area contributed by atoms with Crippen molar-refractivity contribution in [2.24, 2.45) is 0 Å². The number of hydrogen-bond acceptors (Lipinski definition) is 3. The van der Waals surface area contributed by atoms with Gasteiger partial charge in [-0.15, -0.1) is 0 Å². The number of halogens is 1. The Labute approximate surface area is 131 Å². The molecule has 0 spiro atoms. The largest absolute Gasteiger partial charge is 0.492 e. The molecule has 0 saturated heterocycles. The van der Waals surface area contributed by atoms with Crippen molar-refractivity contribution in [3.63, 3.8) is 0 Å². The van der Waals surface area contributed by atoms with Gasteiger partial charge < -0.3 is 10.1 Å². The van der Waals surface area contributed by atoms with Crippen LogP contribution in [0.1, 0.15) is 36.6 Å². The van der Waals surface area contributed by atoms with Gasteiger partial charge in [0.1, 0.15) is 5.75 Å². The molecule has 1 unspecified atom stereocenters. The number of aryl methyl sites for hydroxylation is 1. The van der Waals surface area contributed by atoms with Crippen molar-refractivity contribution in [2.45, 2.75) is 26.8 Å². The summed E-state index contributed by atoms with van der Waals surface area (Å²) >= 11 is 6.42. The normalized spacial score (nSPS) is 12.2. The number of pyridine rings is 1. The van der Waals surface area contributed by atoms with E-state index in [0.29, 0.717) is 6.61 Å². The van der Waals surface area contributed by atoms with Crippen LogP contribution < -0.4 is 10.1 Å². The van der Waals surface area contributed by atoms with Gasteiger partial charge in [-0.25, -0.2) is 0 Å². The van der Waals surface area contributed by atoms with Gasteiger partial charge in [-0.3, -0.25) is 4.98 Å². The number of aromatic nitrogens is 1. The molecule has 0 radical (unpaired) electrons. The molecule has 0 fully saturated rings. The second-order valence-corrected chi connectivity index (χ2v) is 5.31. The molecular weight excluding hydrogens is 284 g/mol. The minimum atomic E-state index is 0.0102. The van der Waals surface area contributed by atoms with Crippen LogP contribution in [-0.2, 0) is 0 Å². The van der Waals surface area contributed by atoms with Crippen molar-refractivity contribution < 1.29 is 4.74 Å². The maximum absolute atomic E-state index is 6.42. The lowest BCUT2D eigenvalue weighted by Gasteiger charge is -2.20. The fourth-order valence-electron chi connectivity index (χ4n) is 2.32. The zero-order valence-corrected chi connectivity index (χ0v) is 13.4. The standard InChI is InChI=1S/C17H21ClN2O/c1-4-20-17(15-7-6-12(3)8-16(15)18)13-9-14(21-5-2)11-19-10-13/h6-11,17,20H,4-5H2,1-3H3. The van der Waals surface area contributed by atoms with Crippen molar-refractivity contribution in [1.82, 2.24) is 10.3 Å². The zero-order chi connectivity index (χ0) is 15.2. The molecule has 1 heterocycles. The summed E-state index contributed by atoms with van der Waals surface area (Å²) in [6.45, 7) is 7.55. The first kappa shape index (κ1) is 15.8. The summed E-state index contributed by atoms with van der Waals surface area (Å²) in [5.41, 5.74) is 3.26. The van der Waals surface area contributed by atoms with Gasteiger partial charge in [0.15, 0.2) is 0 Å². The fraction of sp³-hybridized carbons (Fsp3) is 0.353. The molecule has 1 atom stereocenters. The van der Waals surface area contributed by atoms with E-state index < -0.39 is 0 Å². The van der Waals surface area contributed by atoms with E-state index in [-0.39, 0.29) is 6.04 Å². The first-order valence-electron chi connectivity index (χ1n) is 7.22. The molecule has 2 aromatic rings. The van der Waals surface area contributed by atoms with Gasteiger partial charge in [-0.2, -0.15) is 0 Å². The number of rotatable bonds is 6. The minimum absolute atomic E-state index is 0.0102. The minimum Gasteiger partial charge on any atom is -0.492 e. The third-order valence-corrected chi connectivity index (χ3v) is 3.58. The summed E-state index contributed by atoms with van der Waals surface area (Å²) in [4.78, 5) is 4.27. The highest BCUT2D eigenvalue weighted by Gasteiger charge is 2.17. The van der Waals surface area contributed by atoms with Crippen LogP contribution in [0.3, 0.4) is 0 Å². The summed E-state index contributed by atoms with van der Waals surface area (Å²) < 4.78 is 5.54. The monoisotopic (exact) mass is 304 g/mol. The van der Waals surface area contributed by atoms with E-state index >= 15 is 0 Å². The Morgan fingerprint density at radius 1 is 1.24 bits per heavy atom. The number of nitrogens with one attached hydrogen (secondary N) is 1. The average molecular weight is 305 g/mol. The van der Waals surface area contributed by atoms with E-state index in [4.69, 9.17) is 16.3 Å². The van der Waals surface area contributed by atoms with Crippen molar-refractivity contribution >= 4 is 11.6 Å². The van der Waals surface area contributed by atoms with E-state index in [1.807, 2.05) is 32.2 Å². The second-order valence-electron chi connectivity index (χ2n) is 4.90. The van der Waals surface area contributed by atoms with Gasteiger partial charge in [0, 0.05) is 11.2 Å². The molecule has 0 aliphatic heterocycles. The van der Waals surface area contributed by atoms with Crippen molar-refractivity contribution in [2.75, 3.05) is 13.2 Å². The Bertz CT molecular complexity index is 601. The van der Waals surface area contributed by atoms with Crippen molar-refractivity contribution in [3.05, 3.63) is 58.4 Å². The van der Waals surface area contributed by atoms with Gasteiger partial charge in [0.2, 0.25) is 0 Å². The Kier molecular flexibility index (Phi) is 5.59. The molecular formula is C17H21ClN2O. The van der Waals surface area contributed by atoms with E-state index in [1.165, 1.54) is 0 Å².